The second-order valence-corrected chi connectivity index (χ2v) is 4.88. The minimum absolute atomic E-state index is 0.0796. The van der Waals surface area contributed by atoms with Gasteiger partial charge in [0.25, 0.3) is 5.91 Å². The minimum Gasteiger partial charge on any atom is -0.508 e. The maximum absolute atomic E-state index is 12.3. The molecule has 4 N–H and O–H groups in total. The van der Waals surface area contributed by atoms with Crippen LogP contribution in [0.1, 0.15) is 21.5 Å². The molecule has 110 valence electrons. The average molecular weight is 286 g/mol. The Hall–Kier alpha value is -2.53. The summed E-state index contributed by atoms with van der Waals surface area (Å²) in [6.45, 7) is 0.903. The molecule has 0 unspecified atom stereocenters. The summed E-state index contributed by atoms with van der Waals surface area (Å²) in [6, 6.07) is 11.6. The van der Waals surface area contributed by atoms with Crippen molar-refractivity contribution in [3.05, 3.63) is 59.2 Å². The van der Waals surface area contributed by atoms with Gasteiger partial charge in [0.15, 0.2) is 0 Å². The number of phenols is 2. The molecule has 21 heavy (non-hydrogen) atoms. The molecule has 0 aliphatic rings. The molecule has 0 saturated heterocycles. The van der Waals surface area contributed by atoms with E-state index in [0.29, 0.717) is 13.1 Å². The number of amides is 1. The Kier molecular flexibility index (Phi) is 4.45. The van der Waals surface area contributed by atoms with Crippen LogP contribution in [0.2, 0.25) is 0 Å². The van der Waals surface area contributed by atoms with Gasteiger partial charge in [-0.25, -0.2) is 0 Å². The number of nitrogens with zero attached hydrogens (tertiary/aromatic N) is 1. The highest BCUT2D eigenvalue weighted by atomic mass is 16.3. The van der Waals surface area contributed by atoms with Crippen LogP contribution in [0.4, 0.5) is 0 Å². The van der Waals surface area contributed by atoms with Crippen molar-refractivity contribution in [3.8, 4) is 11.5 Å². The number of aromatic hydroxyl groups is 2. The summed E-state index contributed by atoms with van der Waals surface area (Å²) in [6.07, 6.45) is 0. The molecule has 2 rings (SSSR count). The molecule has 0 aliphatic carbocycles. The van der Waals surface area contributed by atoms with Gasteiger partial charge >= 0.3 is 0 Å². The van der Waals surface area contributed by atoms with E-state index in [9.17, 15) is 15.0 Å². The molecule has 0 atom stereocenters. The lowest BCUT2D eigenvalue weighted by Gasteiger charge is -2.18. The zero-order valence-corrected chi connectivity index (χ0v) is 11.8. The van der Waals surface area contributed by atoms with Gasteiger partial charge < -0.3 is 20.8 Å². The van der Waals surface area contributed by atoms with Crippen LogP contribution < -0.4 is 5.73 Å². The SMILES string of the molecule is CN(Cc1ccc(CN)cc1)C(=O)c1ccc(O)cc1O. The molecule has 0 aliphatic heterocycles. The minimum atomic E-state index is -0.310. The van der Waals surface area contributed by atoms with Crippen molar-refractivity contribution < 1.29 is 15.0 Å². The van der Waals surface area contributed by atoms with Crippen LogP contribution in [-0.2, 0) is 13.1 Å². The van der Waals surface area contributed by atoms with Crippen molar-refractivity contribution in [3.63, 3.8) is 0 Å². The van der Waals surface area contributed by atoms with E-state index >= 15 is 0 Å². The van der Waals surface area contributed by atoms with E-state index in [1.165, 1.54) is 17.0 Å². The van der Waals surface area contributed by atoms with Crippen LogP contribution in [0.5, 0.6) is 11.5 Å². The van der Waals surface area contributed by atoms with Gasteiger partial charge in [0, 0.05) is 26.2 Å². The van der Waals surface area contributed by atoms with E-state index in [4.69, 9.17) is 5.73 Å². The third-order valence-electron chi connectivity index (χ3n) is 3.24. The third-order valence-corrected chi connectivity index (χ3v) is 3.24. The molecule has 5 heteroatoms. The molecule has 0 fully saturated rings. The summed E-state index contributed by atoms with van der Waals surface area (Å²) in [4.78, 5) is 13.8. The second kappa shape index (κ2) is 6.28. The first-order valence-electron chi connectivity index (χ1n) is 6.56. The van der Waals surface area contributed by atoms with Gasteiger partial charge in [-0.15, -0.1) is 0 Å². The molecule has 0 aromatic heterocycles. The predicted octanol–water partition coefficient (Wildman–Crippen LogP) is 1.83. The van der Waals surface area contributed by atoms with Crippen molar-refractivity contribution in [1.82, 2.24) is 4.90 Å². The number of hydrogen-bond donors (Lipinski definition) is 3. The second-order valence-electron chi connectivity index (χ2n) is 4.88. The number of hydrogen-bond acceptors (Lipinski definition) is 4. The molecule has 0 radical (unpaired) electrons. The predicted molar refractivity (Wildman–Crippen MR) is 79.9 cm³/mol. The maximum atomic E-state index is 12.3. The van der Waals surface area contributed by atoms with E-state index in [2.05, 4.69) is 0 Å². The Morgan fingerprint density at radius 3 is 2.29 bits per heavy atom. The number of carbonyl (C=O) groups excluding carboxylic acids is 1. The summed E-state index contributed by atoms with van der Waals surface area (Å²) in [5.74, 6) is -0.621. The van der Waals surface area contributed by atoms with Gasteiger partial charge in [-0.3, -0.25) is 4.79 Å². The first-order chi connectivity index (χ1) is 10.0. The van der Waals surface area contributed by atoms with Crippen LogP contribution >= 0.6 is 0 Å². The number of nitrogens with two attached hydrogens (primary N) is 1. The fourth-order valence-corrected chi connectivity index (χ4v) is 2.03. The molecule has 0 bridgehead atoms. The van der Waals surface area contributed by atoms with E-state index in [-0.39, 0.29) is 23.0 Å². The lowest BCUT2D eigenvalue weighted by molar-refractivity contribution is 0.0782. The van der Waals surface area contributed by atoms with Crippen LogP contribution in [0.15, 0.2) is 42.5 Å². The average Bonchev–Trinajstić information content (AvgIpc) is 2.47. The van der Waals surface area contributed by atoms with E-state index < -0.39 is 0 Å². The Balaban J connectivity index is 2.11. The summed E-state index contributed by atoms with van der Waals surface area (Å²) in [7, 11) is 1.66. The molecular formula is C16H18N2O3. The fourth-order valence-electron chi connectivity index (χ4n) is 2.03. The van der Waals surface area contributed by atoms with Gasteiger partial charge in [0.1, 0.15) is 11.5 Å². The smallest absolute Gasteiger partial charge is 0.257 e. The van der Waals surface area contributed by atoms with Gasteiger partial charge in [0.2, 0.25) is 0 Å². The van der Waals surface area contributed by atoms with Crippen LogP contribution in [0, 0.1) is 0 Å². The topological polar surface area (TPSA) is 86.8 Å². The first kappa shape index (κ1) is 14.9. The van der Waals surface area contributed by atoms with Gasteiger partial charge in [0.05, 0.1) is 5.56 Å². The highest BCUT2D eigenvalue weighted by Crippen LogP contribution is 2.24. The summed E-state index contributed by atoms with van der Waals surface area (Å²) < 4.78 is 0. The van der Waals surface area contributed by atoms with Crippen molar-refractivity contribution in [2.75, 3.05) is 7.05 Å². The quantitative estimate of drug-likeness (QED) is 0.800. The number of carbonyl (C=O) groups is 1. The Labute approximate surface area is 123 Å². The third kappa shape index (κ3) is 3.52. The van der Waals surface area contributed by atoms with Gasteiger partial charge in [-0.1, -0.05) is 24.3 Å². The lowest BCUT2D eigenvalue weighted by atomic mass is 10.1. The summed E-state index contributed by atoms with van der Waals surface area (Å²) in [5, 5.41) is 19.0. The van der Waals surface area contributed by atoms with Gasteiger partial charge in [-0.2, -0.15) is 0 Å². The van der Waals surface area contributed by atoms with Crippen LogP contribution in [0.3, 0.4) is 0 Å². The molecule has 2 aromatic rings. The largest absolute Gasteiger partial charge is 0.508 e. The number of benzene rings is 2. The monoisotopic (exact) mass is 286 g/mol. The van der Waals surface area contributed by atoms with Crippen molar-refractivity contribution >= 4 is 5.91 Å². The van der Waals surface area contributed by atoms with Gasteiger partial charge in [-0.05, 0) is 23.3 Å². The van der Waals surface area contributed by atoms with E-state index in [0.717, 1.165) is 17.2 Å². The Morgan fingerprint density at radius 1 is 1.10 bits per heavy atom. The lowest BCUT2D eigenvalue weighted by Crippen LogP contribution is -2.26. The molecule has 2 aromatic carbocycles. The number of rotatable bonds is 4. The summed E-state index contributed by atoms with van der Waals surface area (Å²) >= 11 is 0. The maximum Gasteiger partial charge on any atom is 0.257 e. The Morgan fingerprint density at radius 2 is 1.71 bits per heavy atom. The number of phenolic OH excluding ortho intramolecular Hbond substituents is 2. The zero-order chi connectivity index (χ0) is 15.4. The van der Waals surface area contributed by atoms with Crippen LogP contribution in [0.25, 0.3) is 0 Å². The highest BCUT2D eigenvalue weighted by molar-refractivity contribution is 5.96. The molecule has 0 heterocycles. The molecule has 0 saturated carbocycles. The van der Waals surface area contributed by atoms with Crippen molar-refractivity contribution in [2.24, 2.45) is 5.73 Å². The van der Waals surface area contributed by atoms with Crippen molar-refractivity contribution in [2.45, 2.75) is 13.1 Å². The summed E-state index contributed by atoms with van der Waals surface area (Å²) in [5.41, 5.74) is 7.71. The molecule has 1 amide bonds. The first-order valence-corrected chi connectivity index (χ1v) is 6.56. The zero-order valence-electron chi connectivity index (χ0n) is 11.8. The molecule has 5 nitrogen and oxygen atoms in total. The Bertz CT molecular complexity index is 638. The highest BCUT2D eigenvalue weighted by Gasteiger charge is 2.16. The fraction of sp³-hybridized carbons (Fsp3) is 0.188. The van der Waals surface area contributed by atoms with Crippen molar-refractivity contribution in [1.29, 1.82) is 0 Å². The standard InChI is InChI=1S/C16H18N2O3/c1-18(10-12-4-2-11(9-17)3-5-12)16(21)14-7-6-13(19)8-15(14)20/h2-8,19-20H,9-10,17H2,1H3. The van der Waals surface area contributed by atoms with E-state index in [1.54, 1.807) is 7.05 Å². The van der Waals surface area contributed by atoms with E-state index in [1.807, 2.05) is 24.3 Å². The van der Waals surface area contributed by atoms with Crippen LogP contribution in [-0.4, -0.2) is 28.1 Å². The molecule has 0 spiro atoms. The molecular weight excluding hydrogens is 268 g/mol. The normalized spacial score (nSPS) is 10.4.